The predicted octanol–water partition coefficient (Wildman–Crippen LogP) is 5.08. The van der Waals surface area contributed by atoms with E-state index in [9.17, 15) is 26.3 Å². The molecule has 0 amide bonds. The molecule has 1 aromatic rings. The van der Waals surface area contributed by atoms with Crippen molar-refractivity contribution in [1.29, 1.82) is 0 Å². The highest BCUT2D eigenvalue weighted by molar-refractivity contribution is 14.1. The summed E-state index contributed by atoms with van der Waals surface area (Å²) in [4.78, 5) is 1.97. The fraction of sp³-hybridized carbons (Fsp3) is 0.400. The Morgan fingerprint density at radius 1 is 0.765 bits per heavy atom. The molecule has 0 saturated carbocycles. The Bertz CT molecular complexity index is 334. The summed E-state index contributed by atoms with van der Waals surface area (Å²) >= 11 is 2.15. The smallest absolute Gasteiger partial charge is 0.166 e. The van der Waals surface area contributed by atoms with Gasteiger partial charge in [-0.3, -0.25) is 0 Å². The van der Waals surface area contributed by atoms with E-state index in [4.69, 9.17) is 0 Å². The van der Waals surface area contributed by atoms with Crippen molar-refractivity contribution in [2.45, 2.75) is 19.3 Å². The van der Waals surface area contributed by atoms with Gasteiger partial charge >= 0.3 is 12.4 Å². The summed E-state index contributed by atoms with van der Waals surface area (Å²) < 4.78 is 73.0. The lowest BCUT2D eigenvalue weighted by atomic mass is 10.1. The molecule has 0 aliphatic rings. The summed E-state index contributed by atoms with van der Waals surface area (Å²) in [5.41, 5.74) is -2.64. The van der Waals surface area contributed by atoms with Crippen molar-refractivity contribution in [3.63, 3.8) is 0 Å². The van der Waals surface area contributed by atoms with Crippen molar-refractivity contribution in [3.8, 4) is 0 Å². The SMILES string of the molecule is CI.Cc1cc(C(F)(F)F)cc(C(F)(F)F)c1. The molecular weight excluding hydrogens is 361 g/mol. The van der Waals surface area contributed by atoms with Crippen LogP contribution in [-0.4, -0.2) is 4.93 Å². The van der Waals surface area contributed by atoms with Gasteiger partial charge in [0.1, 0.15) is 0 Å². The highest BCUT2D eigenvalue weighted by Crippen LogP contribution is 2.35. The molecular formula is C10H9F6I. The molecule has 0 unspecified atom stereocenters. The topological polar surface area (TPSA) is 0 Å². The number of hydrogen-bond donors (Lipinski definition) is 0. The quantitative estimate of drug-likeness (QED) is 0.339. The van der Waals surface area contributed by atoms with Gasteiger partial charge in [-0.25, -0.2) is 0 Å². The van der Waals surface area contributed by atoms with Gasteiger partial charge in [-0.05, 0) is 35.6 Å². The van der Waals surface area contributed by atoms with E-state index in [1.807, 2.05) is 4.93 Å². The summed E-state index contributed by atoms with van der Waals surface area (Å²) in [5, 5.41) is 0. The maximum atomic E-state index is 12.2. The molecule has 1 rings (SSSR count). The lowest BCUT2D eigenvalue weighted by Crippen LogP contribution is -2.11. The molecule has 0 spiro atoms. The second kappa shape index (κ2) is 5.92. The first-order valence-electron chi connectivity index (χ1n) is 4.24. The van der Waals surface area contributed by atoms with Crippen LogP contribution in [0.4, 0.5) is 26.3 Å². The van der Waals surface area contributed by atoms with Crippen LogP contribution >= 0.6 is 22.6 Å². The van der Waals surface area contributed by atoms with Gasteiger partial charge in [0.15, 0.2) is 0 Å². The van der Waals surface area contributed by atoms with Crippen LogP contribution in [0.3, 0.4) is 0 Å². The first kappa shape index (κ1) is 16.5. The molecule has 0 bridgehead atoms. The van der Waals surface area contributed by atoms with Crippen molar-refractivity contribution < 1.29 is 26.3 Å². The van der Waals surface area contributed by atoms with Gasteiger partial charge in [0.25, 0.3) is 0 Å². The number of aryl methyl sites for hydroxylation is 1. The summed E-state index contributed by atoms with van der Waals surface area (Å²) in [7, 11) is 0. The zero-order chi connectivity index (χ0) is 13.9. The van der Waals surface area contributed by atoms with Gasteiger partial charge in [-0.1, -0.05) is 22.6 Å². The van der Waals surface area contributed by atoms with E-state index in [2.05, 4.69) is 22.6 Å². The minimum atomic E-state index is -4.76. The molecule has 0 aliphatic heterocycles. The molecule has 0 saturated heterocycles. The van der Waals surface area contributed by atoms with Gasteiger partial charge in [0.2, 0.25) is 0 Å². The van der Waals surface area contributed by atoms with Crippen LogP contribution in [0.25, 0.3) is 0 Å². The minimum Gasteiger partial charge on any atom is -0.166 e. The van der Waals surface area contributed by atoms with Gasteiger partial charge in [0, 0.05) is 0 Å². The third kappa shape index (κ3) is 5.13. The summed E-state index contributed by atoms with van der Waals surface area (Å²) in [5.74, 6) is 0. The fourth-order valence-corrected chi connectivity index (χ4v) is 1.11. The van der Waals surface area contributed by atoms with Gasteiger partial charge in [-0.2, -0.15) is 26.3 Å². The molecule has 17 heavy (non-hydrogen) atoms. The van der Waals surface area contributed by atoms with Crippen LogP contribution in [0.5, 0.6) is 0 Å². The third-order valence-corrected chi connectivity index (χ3v) is 1.73. The number of benzene rings is 1. The zero-order valence-corrected chi connectivity index (χ0v) is 11.0. The number of alkyl halides is 7. The molecule has 0 fully saturated rings. The fourth-order valence-electron chi connectivity index (χ4n) is 1.11. The minimum absolute atomic E-state index is 0.0721. The molecule has 0 radical (unpaired) electrons. The first-order valence-corrected chi connectivity index (χ1v) is 6.40. The van der Waals surface area contributed by atoms with Gasteiger partial charge < -0.3 is 0 Å². The van der Waals surface area contributed by atoms with Crippen LogP contribution in [0.1, 0.15) is 16.7 Å². The van der Waals surface area contributed by atoms with Crippen LogP contribution in [0.15, 0.2) is 18.2 Å². The molecule has 0 nitrogen and oxygen atoms in total. The maximum absolute atomic E-state index is 12.2. The van der Waals surface area contributed by atoms with Crippen molar-refractivity contribution in [2.24, 2.45) is 0 Å². The Balaban J connectivity index is 0.00000121. The van der Waals surface area contributed by atoms with Crippen molar-refractivity contribution >= 4 is 22.6 Å². The van der Waals surface area contributed by atoms with Crippen molar-refractivity contribution in [1.82, 2.24) is 0 Å². The second-order valence-corrected chi connectivity index (χ2v) is 3.08. The van der Waals surface area contributed by atoms with Crippen LogP contribution in [0.2, 0.25) is 0 Å². The van der Waals surface area contributed by atoms with E-state index < -0.39 is 23.5 Å². The lowest BCUT2D eigenvalue weighted by Gasteiger charge is -2.12. The van der Waals surface area contributed by atoms with E-state index >= 15 is 0 Å². The Hall–Kier alpha value is -0.470. The molecule has 0 aliphatic carbocycles. The van der Waals surface area contributed by atoms with Gasteiger partial charge in [-0.15, -0.1) is 0 Å². The van der Waals surface area contributed by atoms with Gasteiger partial charge in [0.05, 0.1) is 11.1 Å². The predicted molar refractivity (Wildman–Crippen MR) is 61.1 cm³/mol. The molecule has 0 aromatic heterocycles. The molecule has 0 atom stereocenters. The first-order chi connectivity index (χ1) is 7.60. The second-order valence-electron chi connectivity index (χ2n) is 3.08. The van der Waals surface area contributed by atoms with E-state index in [0.717, 1.165) is 0 Å². The summed E-state index contributed by atoms with van der Waals surface area (Å²) in [6, 6.07) is 1.46. The Labute approximate surface area is 108 Å². The molecule has 0 heterocycles. The summed E-state index contributed by atoms with van der Waals surface area (Å²) in [6.45, 7) is 1.18. The highest BCUT2D eigenvalue weighted by atomic mass is 127. The van der Waals surface area contributed by atoms with Crippen LogP contribution in [-0.2, 0) is 12.4 Å². The number of hydrogen-bond acceptors (Lipinski definition) is 0. The van der Waals surface area contributed by atoms with E-state index in [0.29, 0.717) is 12.1 Å². The Morgan fingerprint density at radius 3 is 1.29 bits per heavy atom. The average molecular weight is 370 g/mol. The Kier molecular flexibility index (Phi) is 5.76. The van der Waals surface area contributed by atoms with E-state index in [-0.39, 0.29) is 11.6 Å². The monoisotopic (exact) mass is 370 g/mol. The standard InChI is InChI=1S/C9H6F6.CH3I/c1-5-2-6(8(10,11)12)4-7(3-5)9(13,14)15;1-2/h2-4H,1H3;1H3. The summed E-state index contributed by atoms with van der Waals surface area (Å²) in [6.07, 6.45) is -9.52. The number of rotatable bonds is 0. The third-order valence-electron chi connectivity index (χ3n) is 1.73. The zero-order valence-electron chi connectivity index (χ0n) is 8.88. The lowest BCUT2D eigenvalue weighted by molar-refractivity contribution is -0.143. The molecule has 0 N–H and O–H groups in total. The van der Waals surface area contributed by atoms with E-state index in [1.165, 1.54) is 6.92 Å². The maximum Gasteiger partial charge on any atom is 0.416 e. The molecule has 7 heteroatoms. The normalized spacial score (nSPS) is 11.8. The number of halogens is 7. The van der Waals surface area contributed by atoms with Crippen molar-refractivity contribution in [3.05, 3.63) is 34.9 Å². The molecule has 98 valence electrons. The average Bonchev–Trinajstić information content (AvgIpc) is 2.17. The largest absolute Gasteiger partial charge is 0.416 e. The molecule has 1 aromatic carbocycles. The van der Waals surface area contributed by atoms with Crippen molar-refractivity contribution in [2.75, 3.05) is 4.93 Å². The van der Waals surface area contributed by atoms with E-state index in [1.54, 1.807) is 0 Å². The van der Waals surface area contributed by atoms with Crippen LogP contribution < -0.4 is 0 Å². The Morgan fingerprint density at radius 2 is 1.06 bits per heavy atom. The highest BCUT2D eigenvalue weighted by Gasteiger charge is 2.36. The van der Waals surface area contributed by atoms with Crippen LogP contribution in [0, 0.1) is 6.92 Å².